The summed E-state index contributed by atoms with van der Waals surface area (Å²) < 4.78 is 5.34. The van der Waals surface area contributed by atoms with Gasteiger partial charge in [-0.05, 0) is 45.0 Å². The van der Waals surface area contributed by atoms with Crippen molar-refractivity contribution >= 4 is 23.6 Å². The number of nitrogens with two attached hydrogens (primary N) is 1. The Morgan fingerprint density at radius 3 is 2.08 bits per heavy atom. The van der Waals surface area contributed by atoms with Gasteiger partial charge in [-0.2, -0.15) is 0 Å². The van der Waals surface area contributed by atoms with Gasteiger partial charge >= 0.3 is 6.09 Å². The van der Waals surface area contributed by atoms with Crippen LogP contribution in [0, 0.1) is 0 Å². The van der Waals surface area contributed by atoms with Crippen LogP contribution in [0.4, 0.5) is 10.5 Å². The van der Waals surface area contributed by atoms with Gasteiger partial charge in [-0.1, -0.05) is 0 Å². The number of hydrogen-bond acceptors (Lipinski definition) is 5. The largest absolute Gasteiger partial charge is 0.444 e. The van der Waals surface area contributed by atoms with E-state index in [1.165, 1.54) is 0 Å². The van der Waals surface area contributed by atoms with E-state index in [-0.39, 0.29) is 18.5 Å². The van der Waals surface area contributed by atoms with Crippen LogP contribution < -0.4 is 11.1 Å². The molecule has 0 aromatic heterocycles. The molecule has 0 bridgehead atoms. The van der Waals surface area contributed by atoms with E-state index >= 15 is 0 Å². The summed E-state index contributed by atoms with van der Waals surface area (Å²) in [6.07, 6.45) is -0.350. The van der Waals surface area contributed by atoms with Crippen molar-refractivity contribution in [3.63, 3.8) is 0 Å². The molecule has 1 saturated heterocycles. The molecule has 1 aromatic rings. The summed E-state index contributed by atoms with van der Waals surface area (Å²) in [5.74, 6) is -0.539. The van der Waals surface area contributed by atoms with Gasteiger partial charge in [-0.15, -0.1) is 0 Å². The zero-order chi connectivity index (χ0) is 19.3. The van der Waals surface area contributed by atoms with Crippen molar-refractivity contribution < 1.29 is 19.1 Å². The first-order valence-electron chi connectivity index (χ1n) is 8.55. The molecule has 0 spiro atoms. The maximum atomic E-state index is 12.3. The van der Waals surface area contributed by atoms with Crippen LogP contribution in [-0.4, -0.2) is 66.0 Å². The Balaban J connectivity index is 1.77. The van der Waals surface area contributed by atoms with E-state index in [1.54, 1.807) is 34.1 Å². The molecule has 26 heavy (non-hydrogen) atoms. The quantitative estimate of drug-likeness (QED) is 0.839. The van der Waals surface area contributed by atoms with Crippen LogP contribution in [0.2, 0.25) is 0 Å². The number of carbonyl (C=O) groups excluding carboxylic acids is 3. The number of nitrogens with one attached hydrogen (secondary N) is 1. The molecule has 2 rings (SSSR count). The third-order valence-corrected chi connectivity index (χ3v) is 3.90. The summed E-state index contributed by atoms with van der Waals surface area (Å²) in [6, 6.07) is 6.62. The van der Waals surface area contributed by atoms with Crippen molar-refractivity contribution in [3.8, 4) is 0 Å². The van der Waals surface area contributed by atoms with Crippen molar-refractivity contribution in [2.24, 2.45) is 5.73 Å². The molecule has 0 radical (unpaired) electrons. The maximum Gasteiger partial charge on any atom is 0.410 e. The predicted octanol–water partition coefficient (Wildman–Crippen LogP) is 1.28. The maximum absolute atomic E-state index is 12.3. The number of anilines is 1. The number of ether oxygens (including phenoxy) is 1. The van der Waals surface area contributed by atoms with E-state index < -0.39 is 11.5 Å². The molecule has 8 nitrogen and oxygen atoms in total. The Kier molecular flexibility index (Phi) is 6.07. The molecule has 8 heteroatoms. The van der Waals surface area contributed by atoms with Crippen LogP contribution in [0.15, 0.2) is 24.3 Å². The summed E-state index contributed by atoms with van der Waals surface area (Å²) in [7, 11) is 0. The molecule has 1 aliphatic rings. The average Bonchev–Trinajstić information content (AvgIpc) is 2.58. The van der Waals surface area contributed by atoms with Gasteiger partial charge in [0.2, 0.25) is 11.8 Å². The summed E-state index contributed by atoms with van der Waals surface area (Å²) in [5.41, 5.74) is 5.81. The summed E-state index contributed by atoms with van der Waals surface area (Å²) >= 11 is 0. The van der Waals surface area contributed by atoms with Gasteiger partial charge in [0.05, 0.1) is 6.54 Å². The fourth-order valence-corrected chi connectivity index (χ4v) is 2.51. The molecule has 0 unspecified atom stereocenters. The Bertz CT molecular complexity index is 659. The van der Waals surface area contributed by atoms with Crippen molar-refractivity contribution in [3.05, 3.63) is 29.8 Å². The Morgan fingerprint density at radius 1 is 1.04 bits per heavy atom. The van der Waals surface area contributed by atoms with Gasteiger partial charge in [0.15, 0.2) is 0 Å². The zero-order valence-electron chi connectivity index (χ0n) is 15.4. The van der Waals surface area contributed by atoms with Crippen molar-refractivity contribution in [2.45, 2.75) is 26.4 Å². The molecule has 3 amide bonds. The number of piperazine rings is 1. The Hall–Kier alpha value is -2.77. The fourth-order valence-electron chi connectivity index (χ4n) is 2.51. The highest BCUT2D eigenvalue weighted by Crippen LogP contribution is 2.12. The number of primary amides is 1. The van der Waals surface area contributed by atoms with Gasteiger partial charge < -0.3 is 25.6 Å². The number of carbonyl (C=O) groups is 3. The van der Waals surface area contributed by atoms with Gasteiger partial charge in [0.25, 0.3) is 0 Å². The minimum absolute atomic E-state index is 0.0483. The van der Waals surface area contributed by atoms with E-state index in [9.17, 15) is 14.4 Å². The molecule has 1 aromatic carbocycles. The van der Waals surface area contributed by atoms with E-state index in [2.05, 4.69) is 5.32 Å². The molecular weight excluding hydrogens is 336 g/mol. The van der Waals surface area contributed by atoms with E-state index in [0.29, 0.717) is 31.7 Å². The molecule has 1 aliphatic heterocycles. The summed E-state index contributed by atoms with van der Waals surface area (Å²) in [6.45, 7) is 7.47. The minimum atomic E-state index is -0.530. The van der Waals surface area contributed by atoms with Crippen molar-refractivity contribution in [1.29, 1.82) is 0 Å². The SMILES string of the molecule is CC(C)(C)OC(=O)N1CCN(C(=O)CNc2ccc(C(N)=O)cc2)CC1. The standard InChI is InChI=1S/C18H26N4O4/c1-18(2,3)26-17(25)22-10-8-21(9-11-22)15(23)12-20-14-6-4-13(5-7-14)16(19)24/h4-7,20H,8-12H2,1-3H3,(H2,19,24). The summed E-state index contributed by atoms with van der Waals surface area (Å²) in [4.78, 5) is 38.7. The first-order valence-corrected chi connectivity index (χ1v) is 8.55. The summed E-state index contributed by atoms with van der Waals surface area (Å²) in [5, 5.41) is 3.02. The number of rotatable bonds is 4. The monoisotopic (exact) mass is 362 g/mol. The Labute approximate surface area is 153 Å². The highest BCUT2D eigenvalue weighted by atomic mass is 16.6. The minimum Gasteiger partial charge on any atom is -0.444 e. The van der Waals surface area contributed by atoms with Gasteiger partial charge in [0.1, 0.15) is 5.60 Å². The molecule has 1 fully saturated rings. The predicted molar refractivity (Wildman–Crippen MR) is 97.8 cm³/mol. The van der Waals surface area contributed by atoms with Gasteiger partial charge in [0, 0.05) is 37.4 Å². The molecule has 3 N–H and O–H groups in total. The first-order chi connectivity index (χ1) is 12.2. The second-order valence-electron chi connectivity index (χ2n) is 7.14. The second kappa shape index (κ2) is 8.07. The number of amides is 3. The zero-order valence-corrected chi connectivity index (χ0v) is 15.4. The molecule has 142 valence electrons. The van der Waals surface area contributed by atoms with Crippen LogP contribution >= 0.6 is 0 Å². The first kappa shape index (κ1) is 19.6. The Morgan fingerprint density at radius 2 is 1.58 bits per heavy atom. The second-order valence-corrected chi connectivity index (χ2v) is 7.14. The lowest BCUT2D eigenvalue weighted by Gasteiger charge is -2.35. The smallest absolute Gasteiger partial charge is 0.410 e. The van der Waals surface area contributed by atoms with E-state index in [1.807, 2.05) is 20.8 Å². The third-order valence-electron chi connectivity index (χ3n) is 3.90. The average molecular weight is 362 g/mol. The lowest BCUT2D eigenvalue weighted by atomic mass is 10.2. The van der Waals surface area contributed by atoms with Crippen LogP contribution in [-0.2, 0) is 9.53 Å². The van der Waals surface area contributed by atoms with Crippen LogP contribution in [0.5, 0.6) is 0 Å². The topological polar surface area (TPSA) is 105 Å². The molecule has 0 aliphatic carbocycles. The van der Waals surface area contributed by atoms with Gasteiger partial charge in [-0.3, -0.25) is 9.59 Å². The van der Waals surface area contributed by atoms with E-state index in [0.717, 1.165) is 5.69 Å². The van der Waals surface area contributed by atoms with E-state index in [4.69, 9.17) is 10.5 Å². The molecule has 0 atom stereocenters. The number of hydrogen-bond donors (Lipinski definition) is 2. The van der Waals surface area contributed by atoms with Crippen LogP contribution in [0.3, 0.4) is 0 Å². The molecular formula is C18H26N4O4. The molecule has 1 heterocycles. The normalized spacial score (nSPS) is 14.7. The lowest BCUT2D eigenvalue weighted by Crippen LogP contribution is -2.52. The fraction of sp³-hybridized carbons (Fsp3) is 0.500. The number of benzene rings is 1. The van der Waals surface area contributed by atoms with Crippen molar-refractivity contribution in [2.75, 3.05) is 38.0 Å². The third kappa shape index (κ3) is 5.65. The highest BCUT2D eigenvalue weighted by Gasteiger charge is 2.27. The van der Waals surface area contributed by atoms with Gasteiger partial charge in [-0.25, -0.2) is 4.79 Å². The van der Waals surface area contributed by atoms with Crippen molar-refractivity contribution in [1.82, 2.24) is 9.80 Å². The van der Waals surface area contributed by atoms with Crippen LogP contribution in [0.25, 0.3) is 0 Å². The number of nitrogens with zero attached hydrogens (tertiary/aromatic N) is 2. The lowest BCUT2D eigenvalue weighted by molar-refractivity contribution is -0.131. The van der Waals surface area contributed by atoms with Crippen LogP contribution in [0.1, 0.15) is 31.1 Å². The highest BCUT2D eigenvalue weighted by molar-refractivity contribution is 5.93. The molecule has 0 saturated carbocycles.